The summed E-state index contributed by atoms with van der Waals surface area (Å²) in [7, 11) is 0. The summed E-state index contributed by atoms with van der Waals surface area (Å²) in [5.74, 6) is -9.26. The average molecular weight is 771 g/mol. The monoisotopic (exact) mass is 770 g/mol. The van der Waals surface area contributed by atoms with Gasteiger partial charge in [-0.2, -0.15) is 8.78 Å². The molecule has 0 saturated heterocycles. The highest BCUT2D eigenvalue weighted by Crippen LogP contribution is 2.46. The van der Waals surface area contributed by atoms with E-state index in [2.05, 4.69) is 25.5 Å². The number of ether oxygens (including phenoxy) is 4. The van der Waals surface area contributed by atoms with Gasteiger partial charge in [0.15, 0.2) is 17.5 Å². The second-order valence-electron chi connectivity index (χ2n) is 14.3. The summed E-state index contributed by atoms with van der Waals surface area (Å²) in [4.78, 5) is 0. The summed E-state index contributed by atoms with van der Waals surface area (Å²) in [5, 5.41) is 0. The highest BCUT2D eigenvalue weighted by Gasteiger charge is 2.42. The van der Waals surface area contributed by atoms with E-state index >= 15 is 17.6 Å². The lowest BCUT2D eigenvalue weighted by atomic mass is 9.99. The number of hydrogen-bond donors (Lipinski definition) is 0. The smallest absolute Gasteiger partial charge is 0.432 e. The van der Waals surface area contributed by atoms with Crippen molar-refractivity contribution in [3.63, 3.8) is 0 Å². The maximum atomic E-state index is 15.8. The predicted molar refractivity (Wildman–Crippen MR) is 199 cm³/mol. The first-order valence-corrected chi connectivity index (χ1v) is 19.6. The van der Waals surface area contributed by atoms with Crippen molar-refractivity contribution in [2.45, 2.75) is 162 Å². The Labute approximate surface area is 316 Å². The zero-order valence-electron chi connectivity index (χ0n) is 32.6. The Morgan fingerprint density at radius 2 is 0.907 bits per heavy atom. The van der Waals surface area contributed by atoms with Gasteiger partial charge in [0, 0.05) is 24.3 Å². The molecule has 0 N–H and O–H groups in total. The summed E-state index contributed by atoms with van der Waals surface area (Å²) in [6.45, 7) is 12.1. The van der Waals surface area contributed by atoms with E-state index in [1.807, 2.05) is 20.8 Å². The zero-order chi connectivity index (χ0) is 39.8. The lowest BCUT2D eigenvalue weighted by Gasteiger charge is -2.25. The van der Waals surface area contributed by atoms with E-state index in [0.29, 0.717) is 30.7 Å². The third kappa shape index (κ3) is 13.6. The minimum absolute atomic E-state index is 0.148. The molecule has 0 aliphatic carbocycles. The molecule has 3 aromatic carbocycles. The second-order valence-corrected chi connectivity index (χ2v) is 14.3. The molecule has 0 spiro atoms. The number of rotatable bonds is 25. The molecule has 0 aliphatic rings. The van der Waals surface area contributed by atoms with Gasteiger partial charge < -0.3 is 18.9 Å². The molecule has 0 aromatic heterocycles. The van der Waals surface area contributed by atoms with Crippen molar-refractivity contribution in [3.8, 4) is 34.1 Å². The summed E-state index contributed by atoms with van der Waals surface area (Å²) in [5.41, 5.74) is -1.80. The van der Waals surface area contributed by atoms with Crippen LogP contribution in [0.5, 0.6) is 23.0 Å². The molecule has 0 heterocycles. The Morgan fingerprint density at radius 3 is 1.31 bits per heavy atom. The van der Waals surface area contributed by atoms with Crippen LogP contribution in [0.3, 0.4) is 0 Å². The molecule has 0 aliphatic heterocycles. The van der Waals surface area contributed by atoms with Gasteiger partial charge in [0.2, 0.25) is 0 Å². The molecular formula is C43H57F7O4. The highest BCUT2D eigenvalue weighted by molar-refractivity contribution is 5.79. The highest BCUT2D eigenvalue weighted by atomic mass is 19.3. The van der Waals surface area contributed by atoms with Gasteiger partial charge in [0.05, 0.1) is 23.9 Å². The standard InChI is InChI=1S/C43H57F7O4/c1-7-10-13-16-19-28(4)51-32-26-38(52-29(5)20-17-14-11-8-2)40(39(27-32)53-30(6)21-18-15-12-9-3)31-22-34(44)41(35(45)23-31)43(49,50)54-33-24-36(46)42(48)37(47)25-33/h22-30H,7-21H2,1-6H3. The third-order valence-electron chi connectivity index (χ3n) is 9.25. The minimum atomic E-state index is -4.74. The molecule has 302 valence electrons. The first-order chi connectivity index (χ1) is 25.7. The van der Waals surface area contributed by atoms with Crippen LogP contribution in [0.2, 0.25) is 0 Å². The van der Waals surface area contributed by atoms with Gasteiger partial charge in [0.1, 0.15) is 40.2 Å². The molecule has 11 heteroatoms. The molecule has 0 saturated carbocycles. The molecule has 3 atom stereocenters. The molecule has 0 fully saturated rings. The maximum absolute atomic E-state index is 15.8. The van der Waals surface area contributed by atoms with Crippen LogP contribution in [-0.4, -0.2) is 18.3 Å². The maximum Gasteiger partial charge on any atom is 0.432 e. The quantitative estimate of drug-likeness (QED) is 0.0488. The van der Waals surface area contributed by atoms with Crippen LogP contribution >= 0.6 is 0 Å². The molecular weight excluding hydrogens is 713 g/mol. The fraction of sp³-hybridized carbons (Fsp3) is 0.581. The SMILES string of the molecule is CCCCCCC(C)Oc1cc(OC(C)CCCCCC)c(-c2cc(F)c(C(F)(F)Oc3cc(F)c(F)c(F)c3)c(F)c2)c(OC(C)CCCCCC)c1. The Kier molecular flexibility index (Phi) is 18.3. The van der Waals surface area contributed by atoms with Gasteiger partial charge in [0.25, 0.3) is 0 Å². The van der Waals surface area contributed by atoms with Crippen LogP contribution in [0, 0.1) is 29.1 Å². The van der Waals surface area contributed by atoms with Gasteiger partial charge in [-0.3, -0.25) is 0 Å². The van der Waals surface area contributed by atoms with Crippen LogP contribution in [-0.2, 0) is 6.11 Å². The van der Waals surface area contributed by atoms with Crippen molar-refractivity contribution >= 4 is 0 Å². The zero-order valence-corrected chi connectivity index (χ0v) is 32.6. The Bertz CT molecular complexity index is 1510. The fourth-order valence-electron chi connectivity index (χ4n) is 6.31. The molecule has 0 amide bonds. The van der Waals surface area contributed by atoms with Crippen molar-refractivity contribution in [3.05, 3.63) is 71.0 Å². The van der Waals surface area contributed by atoms with E-state index in [4.69, 9.17) is 14.2 Å². The van der Waals surface area contributed by atoms with E-state index in [1.54, 1.807) is 12.1 Å². The van der Waals surface area contributed by atoms with Crippen LogP contribution in [0.1, 0.15) is 143 Å². The molecule has 0 radical (unpaired) electrons. The molecule has 3 rings (SSSR count). The van der Waals surface area contributed by atoms with Gasteiger partial charge >= 0.3 is 6.11 Å². The number of halogens is 7. The van der Waals surface area contributed by atoms with Crippen molar-refractivity contribution in [2.75, 3.05) is 0 Å². The summed E-state index contributed by atoms with van der Waals surface area (Å²) in [6, 6.07) is 5.02. The lowest BCUT2D eigenvalue weighted by Crippen LogP contribution is -2.25. The molecule has 0 bridgehead atoms. The molecule has 3 aromatic rings. The van der Waals surface area contributed by atoms with E-state index in [1.165, 1.54) is 0 Å². The van der Waals surface area contributed by atoms with Crippen molar-refractivity contribution in [2.24, 2.45) is 0 Å². The summed E-state index contributed by atoms with van der Waals surface area (Å²) < 4.78 is 127. The summed E-state index contributed by atoms with van der Waals surface area (Å²) in [6.07, 6.45) is 8.95. The molecule has 3 unspecified atom stereocenters. The van der Waals surface area contributed by atoms with Gasteiger partial charge in [-0.05, 0) is 77.0 Å². The van der Waals surface area contributed by atoms with E-state index < -0.39 is 46.5 Å². The molecule has 54 heavy (non-hydrogen) atoms. The number of hydrogen-bond acceptors (Lipinski definition) is 4. The van der Waals surface area contributed by atoms with Crippen molar-refractivity contribution < 1.29 is 49.7 Å². The average Bonchev–Trinajstić information content (AvgIpc) is 3.08. The van der Waals surface area contributed by atoms with Gasteiger partial charge in [-0.25, -0.2) is 22.0 Å². The third-order valence-corrected chi connectivity index (χ3v) is 9.25. The van der Waals surface area contributed by atoms with Crippen LogP contribution in [0.4, 0.5) is 30.7 Å². The van der Waals surface area contributed by atoms with Gasteiger partial charge in [-0.1, -0.05) is 78.6 Å². The number of benzene rings is 3. The van der Waals surface area contributed by atoms with Crippen LogP contribution in [0.15, 0.2) is 36.4 Å². The van der Waals surface area contributed by atoms with Crippen molar-refractivity contribution in [1.29, 1.82) is 0 Å². The number of alkyl halides is 2. The predicted octanol–water partition coefficient (Wildman–Crippen LogP) is 14.4. The Morgan fingerprint density at radius 1 is 0.500 bits per heavy atom. The molecule has 4 nitrogen and oxygen atoms in total. The summed E-state index contributed by atoms with van der Waals surface area (Å²) >= 11 is 0. The minimum Gasteiger partial charge on any atom is -0.490 e. The van der Waals surface area contributed by atoms with Crippen LogP contribution in [0.25, 0.3) is 11.1 Å². The first kappa shape index (κ1) is 44.8. The largest absolute Gasteiger partial charge is 0.490 e. The van der Waals surface area contributed by atoms with E-state index in [-0.39, 0.29) is 53.1 Å². The Hall–Kier alpha value is -3.63. The first-order valence-electron chi connectivity index (χ1n) is 19.6. The normalized spacial score (nSPS) is 13.4. The van der Waals surface area contributed by atoms with E-state index in [0.717, 1.165) is 83.5 Å². The number of unbranched alkanes of at least 4 members (excludes halogenated alkanes) is 9. The lowest BCUT2D eigenvalue weighted by molar-refractivity contribution is -0.189. The topological polar surface area (TPSA) is 36.9 Å². The second kappa shape index (κ2) is 22.1. The van der Waals surface area contributed by atoms with E-state index in [9.17, 15) is 13.2 Å². The van der Waals surface area contributed by atoms with Gasteiger partial charge in [-0.15, -0.1) is 0 Å². The fourth-order valence-corrected chi connectivity index (χ4v) is 6.31. The Balaban J connectivity index is 2.12. The van der Waals surface area contributed by atoms with Crippen molar-refractivity contribution in [1.82, 2.24) is 0 Å². The van der Waals surface area contributed by atoms with Crippen LogP contribution < -0.4 is 18.9 Å².